The third kappa shape index (κ3) is 4.40. The highest BCUT2D eigenvalue weighted by Crippen LogP contribution is 2.43. The first-order chi connectivity index (χ1) is 16.0. The maximum atomic E-state index is 13.8. The molecule has 0 aliphatic rings. The second-order valence-electron chi connectivity index (χ2n) is 6.69. The van der Waals surface area contributed by atoms with E-state index >= 15 is 0 Å². The third-order valence-electron chi connectivity index (χ3n) is 4.66. The highest BCUT2D eigenvalue weighted by atomic mass is 32.1. The number of ether oxygens (including phenoxy) is 2. The quantitative estimate of drug-likeness (QED) is 0.295. The fourth-order valence-corrected chi connectivity index (χ4v) is 4.37. The molecule has 10 heteroatoms. The predicted molar refractivity (Wildman–Crippen MR) is 125 cm³/mol. The number of nitrogens with one attached hydrogen (secondary N) is 1. The molecular formula is C23H18FN5O3S. The van der Waals surface area contributed by atoms with Gasteiger partial charge in [-0.3, -0.25) is 5.43 Å². The van der Waals surface area contributed by atoms with Crippen LogP contribution in [0.25, 0.3) is 20.7 Å². The van der Waals surface area contributed by atoms with E-state index in [2.05, 4.69) is 26.6 Å². The summed E-state index contributed by atoms with van der Waals surface area (Å²) in [6, 6.07) is 11.3. The number of phenols is 1. The van der Waals surface area contributed by atoms with Crippen molar-refractivity contribution in [3.05, 3.63) is 59.7 Å². The lowest BCUT2D eigenvalue weighted by Gasteiger charge is -2.09. The number of aromatic nitrogens is 2. The molecule has 4 aromatic rings. The average Bonchev–Trinajstić information content (AvgIpc) is 3.19. The van der Waals surface area contributed by atoms with E-state index in [4.69, 9.17) is 9.47 Å². The molecule has 4 rings (SSSR count). The van der Waals surface area contributed by atoms with E-state index in [0.717, 1.165) is 0 Å². The van der Waals surface area contributed by atoms with Crippen LogP contribution in [0.5, 0.6) is 17.2 Å². The molecule has 0 saturated carbocycles. The molecule has 33 heavy (non-hydrogen) atoms. The lowest BCUT2D eigenvalue weighted by molar-refractivity contribution is 0.340. The molecule has 2 heterocycles. The minimum atomic E-state index is -0.428. The largest absolute Gasteiger partial charge is 0.504 e. The van der Waals surface area contributed by atoms with Crippen LogP contribution in [0.4, 0.5) is 10.2 Å². The molecule has 0 bridgehead atoms. The summed E-state index contributed by atoms with van der Waals surface area (Å²) in [5.74, 6) is 0.682. The number of phenolic OH excluding ortho intramolecular Hbond substituents is 1. The van der Waals surface area contributed by atoms with Crippen molar-refractivity contribution in [1.29, 1.82) is 5.26 Å². The molecule has 0 aliphatic heterocycles. The Morgan fingerprint density at radius 3 is 2.82 bits per heavy atom. The van der Waals surface area contributed by atoms with Crippen molar-refractivity contribution in [2.45, 2.75) is 6.92 Å². The number of aromatic hydroxyl groups is 1. The second-order valence-corrected chi connectivity index (χ2v) is 7.71. The molecular weight excluding hydrogens is 445 g/mol. The number of hydrogen-bond acceptors (Lipinski definition) is 9. The highest BCUT2D eigenvalue weighted by Gasteiger charge is 2.21. The van der Waals surface area contributed by atoms with Gasteiger partial charge in [0.05, 0.1) is 35.1 Å². The van der Waals surface area contributed by atoms with E-state index in [-0.39, 0.29) is 5.75 Å². The number of benzene rings is 2. The van der Waals surface area contributed by atoms with Gasteiger partial charge in [-0.2, -0.15) is 10.4 Å². The number of nitriles is 1. The van der Waals surface area contributed by atoms with Crippen LogP contribution in [0.3, 0.4) is 0 Å². The Morgan fingerprint density at radius 2 is 2.09 bits per heavy atom. The molecule has 8 nitrogen and oxygen atoms in total. The number of halogens is 1. The number of fused-ring (bicyclic) bond motifs is 1. The molecule has 0 atom stereocenters. The first-order valence-electron chi connectivity index (χ1n) is 9.82. The smallest absolute Gasteiger partial charge is 0.167 e. The zero-order valence-electron chi connectivity index (χ0n) is 17.7. The number of rotatable bonds is 7. The first-order valence-corrected chi connectivity index (χ1v) is 10.6. The summed E-state index contributed by atoms with van der Waals surface area (Å²) in [7, 11) is 1.47. The molecule has 0 unspecified atom stereocenters. The van der Waals surface area contributed by atoms with Crippen molar-refractivity contribution in [2.24, 2.45) is 5.10 Å². The summed E-state index contributed by atoms with van der Waals surface area (Å²) in [4.78, 5) is 9.12. The average molecular weight is 463 g/mol. The zero-order chi connectivity index (χ0) is 23.4. The Bertz CT molecular complexity index is 1400. The summed E-state index contributed by atoms with van der Waals surface area (Å²) in [6.45, 7) is 2.16. The van der Waals surface area contributed by atoms with Gasteiger partial charge in [0, 0.05) is 11.6 Å². The van der Waals surface area contributed by atoms with Gasteiger partial charge in [-0.15, -0.1) is 11.3 Å². The van der Waals surface area contributed by atoms with Gasteiger partial charge in [-0.1, -0.05) is 0 Å². The van der Waals surface area contributed by atoms with Gasteiger partial charge in [0.2, 0.25) is 0 Å². The van der Waals surface area contributed by atoms with Gasteiger partial charge in [0.25, 0.3) is 0 Å². The first kappa shape index (κ1) is 22.0. The lowest BCUT2D eigenvalue weighted by Crippen LogP contribution is -1.95. The van der Waals surface area contributed by atoms with Gasteiger partial charge in [0.15, 0.2) is 17.3 Å². The van der Waals surface area contributed by atoms with Gasteiger partial charge < -0.3 is 14.6 Å². The molecule has 2 aromatic heterocycles. The summed E-state index contributed by atoms with van der Waals surface area (Å²) in [5, 5.41) is 23.9. The van der Waals surface area contributed by atoms with E-state index in [0.29, 0.717) is 55.7 Å². The third-order valence-corrected chi connectivity index (χ3v) is 5.88. The topological polar surface area (TPSA) is 113 Å². The monoisotopic (exact) mass is 463 g/mol. The normalized spacial score (nSPS) is 11.0. The minimum Gasteiger partial charge on any atom is -0.504 e. The summed E-state index contributed by atoms with van der Waals surface area (Å²) in [6.07, 6.45) is 2.85. The van der Waals surface area contributed by atoms with Crippen molar-refractivity contribution in [3.8, 4) is 33.8 Å². The Kier molecular flexibility index (Phi) is 6.33. The van der Waals surface area contributed by atoms with Crippen LogP contribution in [0, 0.1) is 17.1 Å². The summed E-state index contributed by atoms with van der Waals surface area (Å²) >= 11 is 1.28. The molecule has 0 amide bonds. The Labute approximate surface area is 192 Å². The molecule has 166 valence electrons. The number of nitrogens with zero attached hydrogens (tertiary/aromatic N) is 4. The van der Waals surface area contributed by atoms with E-state index in [1.54, 1.807) is 25.1 Å². The van der Waals surface area contributed by atoms with Crippen molar-refractivity contribution in [1.82, 2.24) is 9.97 Å². The number of thiophene rings is 1. The standard InChI is InChI=1S/C23H18FN5O3S/c1-3-32-19-9-14(24)5-6-15(19)21-16(10-25)20-22(33-21)23(27-12-26-20)29-28-11-13-4-7-18(31-2)17(30)8-13/h4-9,11-12,30H,3H2,1-2H3,(H,26,27,29)/b28-11+. The van der Waals surface area contributed by atoms with Crippen molar-refractivity contribution in [2.75, 3.05) is 19.1 Å². The van der Waals surface area contributed by atoms with Crippen molar-refractivity contribution >= 4 is 33.6 Å². The molecule has 0 aliphatic carbocycles. The summed E-state index contributed by atoms with van der Waals surface area (Å²) < 4.78 is 25.0. The van der Waals surface area contributed by atoms with Gasteiger partial charge in [0.1, 0.15) is 29.5 Å². The van der Waals surface area contributed by atoms with Gasteiger partial charge in [-0.25, -0.2) is 14.4 Å². The number of anilines is 1. The van der Waals surface area contributed by atoms with Gasteiger partial charge >= 0.3 is 0 Å². The molecule has 0 saturated heterocycles. The van der Waals surface area contributed by atoms with Crippen LogP contribution in [0.15, 0.2) is 47.8 Å². The zero-order valence-corrected chi connectivity index (χ0v) is 18.5. The van der Waals surface area contributed by atoms with Crippen LogP contribution in [0.1, 0.15) is 18.1 Å². The maximum absolute atomic E-state index is 13.8. The lowest BCUT2D eigenvalue weighted by atomic mass is 10.1. The highest BCUT2D eigenvalue weighted by molar-refractivity contribution is 7.23. The van der Waals surface area contributed by atoms with Crippen molar-refractivity contribution < 1.29 is 19.0 Å². The Hall–Kier alpha value is -4.23. The number of methoxy groups -OCH3 is 1. The minimum absolute atomic E-state index is 0.00293. The predicted octanol–water partition coefficient (Wildman–Crippen LogP) is 4.93. The SMILES string of the molecule is CCOc1cc(F)ccc1-c1sc2c(N/N=C/c3ccc(OC)c(O)c3)ncnc2c1C#N. The van der Waals surface area contributed by atoms with E-state index in [1.807, 2.05) is 0 Å². The van der Waals surface area contributed by atoms with Crippen LogP contribution in [0.2, 0.25) is 0 Å². The second kappa shape index (κ2) is 9.50. The Balaban J connectivity index is 1.72. The maximum Gasteiger partial charge on any atom is 0.167 e. The molecule has 2 N–H and O–H groups in total. The van der Waals surface area contributed by atoms with Crippen LogP contribution >= 0.6 is 11.3 Å². The molecule has 0 radical (unpaired) electrons. The van der Waals surface area contributed by atoms with Crippen molar-refractivity contribution in [3.63, 3.8) is 0 Å². The van der Waals surface area contributed by atoms with Crippen LogP contribution in [-0.4, -0.2) is 35.0 Å². The van der Waals surface area contributed by atoms with E-state index < -0.39 is 5.82 Å². The number of hydrogen-bond donors (Lipinski definition) is 2. The molecule has 2 aromatic carbocycles. The fraction of sp³-hybridized carbons (Fsp3) is 0.130. The van der Waals surface area contributed by atoms with E-state index in [9.17, 15) is 14.8 Å². The number of hydrazone groups is 1. The van der Waals surface area contributed by atoms with E-state index in [1.165, 1.54) is 49.2 Å². The molecule has 0 fully saturated rings. The molecule has 0 spiro atoms. The van der Waals surface area contributed by atoms with Gasteiger partial charge in [-0.05, 0) is 42.8 Å². The van der Waals surface area contributed by atoms with Crippen LogP contribution < -0.4 is 14.9 Å². The Morgan fingerprint density at radius 1 is 1.24 bits per heavy atom. The van der Waals surface area contributed by atoms with Crippen LogP contribution in [-0.2, 0) is 0 Å². The fourth-order valence-electron chi connectivity index (χ4n) is 3.20. The summed E-state index contributed by atoms with van der Waals surface area (Å²) in [5.41, 5.74) is 4.91.